The molecule has 8 nitrogen and oxygen atoms in total. The van der Waals surface area contributed by atoms with Gasteiger partial charge in [-0.15, -0.1) is 0 Å². The lowest BCUT2D eigenvalue weighted by Gasteiger charge is -2.22. The van der Waals surface area contributed by atoms with Crippen LogP contribution in [0.25, 0.3) is 11.4 Å². The van der Waals surface area contributed by atoms with E-state index in [0.717, 1.165) is 18.4 Å². The molecule has 1 aromatic heterocycles. The molecule has 1 atom stereocenters. The molecular weight excluding hydrogens is 386 g/mol. The van der Waals surface area contributed by atoms with Crippen molar-refractivity contribution in [1.82, 2.24) is 15.0 Å². The standard InChI is InChI=1S/C22H23N3O5/c1-27-16-9-6-14(7-10-16)22(26)25-12-4-5-17(25)21-23-20(24-30-21)15-8-11-18(28-2)19(13-15)29-3/h6-11,13,17H,4-5,12H2,1-3H3/t17-/m1/s1. The fourth-order valence-corrected chi connectivity index (χ4v) is 3.63. The molecule has 0 radical (unpaired) electrons. The molecule has 3 aromatic rings. The van der Waals surface area contributed by atoms with Gasteiger partial charge in [0.25, 0.3) is 5.91 Å². The monoisotopic (exact) mass is 409 g/mol. The summed E-state index contributed by atoms with van der Waals surface area (Å²) < 4.78 is 21.3. The van der Waals surface area contributed by atoms with Gasteiger partial charge in [-0.3, -0.25) is 4.79 Å². The highest BCUT2D eigenvalue weighted by molar-refractivity contribution is 5.94. The first-order valence-corrected chi connectivity index (χ1v) is 9.65. The first-order valence-electron chi connectivity index (χ1n) is 9.65. The Kier molecular flexibility index (Phi) is 5.56. The van der Waals surface area contributed by atoms with Gasteiger partial charge in [0.2, 0.25) is 11.7 Å². The van der Waals surface area contributed by atoms with Crippen LogP contribution in [0.1, 0.15) is 35.1 Å². The van der Waals surface area contributed by atoms with Crippen molar-refractivity contribution in [3.8, 4) is 28.6 Å². The first-order chi connectivity index (χ1) is 14.6. The number of hydrogen-bond acceptors (Lipinski definition) is 7. The summed E-state index contributed by atoms with van der Waals surface area (Å²) in [6.07, 6.45) is 1.65. The number of aromatic nitrogens is 2. The number of ether oxygens (including phenoxy) is 3. The van der Waals surface area contributed by atoms with Crippen molar-refractivity contribution in [3.05, 3.63) is 53.9 Å². The third kappa shape index (κ3) is 3.68. The van der Waals surface area contributed by atoms with E-state index in [1.54, 1.807) is 62.6 Å². The molecule has 8 heteroatoms. The van der Waals surface area contributed by atoms with E-state index in [1.807, 2.05) is 6.07 Å². The Morgan fingerprint density at radius 3 is 2.50 bits per heavy atom. The molecule has 4 rings (SSSR count). The highest BCUT2D eigenvalue weighted by Gasteiger charge is 2.34. The van der Waals surface area contributed by atoms with Gasteiger partial charge in [-0.2, -0.15) is 4.98 Å². The van der Waals surface area contributed by atoms with Crippen LogP contribution in [0.2, 0.25) is 0 Å². The minimum atomic E-state index is -0.249. The van der Waals surface area contributed by atoms with E-state index in [1.165, 1.54) is 0 Å². The van der Waals surface area contributed by atoms with E-state index in [-0.39, 0.29) is 11.9 Å². The summed E-state index contributed by atoms with van der Waals surface area (Å²) in [5.74, 6) is 2.72. The molecule has 156 valence electrons. The van der Waals surface area contributed by atoms with Crippen LogP contribution in [0, 0.1) is 0 Å². The average Bonchev–Trinajstić information content (AvgIpc) is 3.47. The Balaban J connectivity index is 1.57. The third-order valence-corrected chi connectivity index (χ3v) is 5.22. The number of amides is 1. The minimum Gasteiger partial charge on any atom is -0.497 e. The number of likely N-dealkylation sites (tertiary alicyclic amines) is 1. The maximum Gasteiger partial charge on any atom is 0.254 e. The van der Waals surface area contributed by atoms with Crippen molar-refractivity contribution in [1.29, 1.82) is 0 Å². The van der Waals surface area contributed by atoms with E-state index in [2.05, 4.69) is 10.1 Å². The number of benzene rings is 2. The molecule has 1 fully saturated rings. The van der Waals surface area contributed by atoms with Crippen LogP contribution < -0.4 is 14.2 Å². The van der Waals surface area contributed by atoms with Gasteiger partial charge >= 0.3 is 0 Å². The number of carbonyl (C=O) groups is 1. The first kappa shape index (κ1) is 19.8. The Labute approximate surface area is 174 Å². The van der Waals surface area contributed by atoms with E-state index >= 15 is 0 Å². The second-order valence-corrected chi connectivity index (χ2v) is 6.91. The molecule has 30 heavy (non-hydrogen) atoms. The maximum atomic E-state index is 13.0. The summed E-state index contributed by atoms with van der Waals surface area (Å²) in [6, 6.07) is 12.3. The smallest absolute Gasteiger partial charge is 0.254 e. The molecule has 1 aliphatic heterocycles. The molecule has 2 aromatic carbocycles. The Morgan fingerprint density at radius 2 is 1.80 bits per heavy atom. The number of rotatable bonds is 6. The summed E-state index contributed by atoms with van der Waals surface area (Å²) >= 11 is 0. The zero-order valence-electron chi connectivity index (χ0n) is 17.1. The molecule has 0 N–H and O–H groups in total. The lowest BCUT2D eigenvalue weighted by molar-refractivity contribution is 0.0710. The Hall–Kier alpha value is -3.55. The Bertz CT molecular complexity index is 1030. The van der Waals surface area contributed by atoms with Gasteiger partial charge in [-0.25, -0.2) is 0 Å². The van der Waals surface area contributed by atoms with E-state index in [4.69, 9.17) is 18.7 Å². The van der Waals surface area contributed by atoms with Gasteiger partial charge in [-0.1, -0.05) is 5.16 Å². The SMILES string of the molecule is COc1ccc(C(=O)N2CCC[C@@H]2c2nc(-c3ccc(OC)c(OC)c3)no2)cc1. The molecule has 0 saturated carbocycles. The summed E-state index contributed by atoms with van der Waals surface area (Å²) in [6.45, 7) is 0.642. The number of nitrogens with zero attached hydrogens (tertiary/aromatic N) is 3. The summed E-state index contributed by atoms with van der Waals surface area (Å²) in [5.41, 5.74) is 1.34. The van der Waals surface area contributed by atoms with Crippen LogP contribution in [0.3, 0.4) is 0 Å². The van der Waals surface area contributed by atoms with Crippen molar-refractivity contribution in [2.45, 2.75) is 18.9 Å². The summed E-state index contributed by atoms with van der Waals surface area (Å²) in [7, 11) is 4.75. The predicted molar refractivity (Wildman–Crippen MR) is 109 cm³/mol. The van der Waals surface area contributed by atoms with Crippen molar-refractivity contribution in [2.24, 2.45) is 0 Å². The molecule has 0 aliphatic carbocycles. The highest BCUT2D eigenvalue weighted by atomic mass is 16.5. The largest absolute Gasteiger partial charge is 0.497 e. The van der Waals surface area contributed by atoms with Crippen LogP contribution in [-0.2, 0) is 0 Å². The van der Waals surface area contributed by atoms with E-state index in [9.17, 15) is 4.79 Å². The molecule has 0 unspecified atom stereocenters. The van der Waals surface area contributed by atoms with Crippen LogP contribution in [0.15, 0.2) is 47.0 Å². The van der Waals surface area contributed by atoms with E-state index < -0.39 is 0 Å². The topological polar surface area (TPSA) is 86.9 Å². The molecule has 1 aliphatic rings. The molecular formula is C22H23N3O5. The van der Waals surface area contributed by atoms with Gasteiger partial charge in [0.05, 0.1) is 21.3 Å². The number of carbonyl (C=O) groups excluding carboxylic acids is 1. The predicted octanol–water partition coefficient (Wildman–Crippen LogP) is 3.74. The fraction of sp³-hybridized carbons (Fsp3) is 0.318. The zero-order valence-corrected chi connectivity index (χ0v) is 17.1. The summed E-state index contributed by atoms with van der Waals surface area (Å²) in [5, 5.41) is 4.11. The van der Waals surface area contributed by atoms with Crippen LogP contribution >= 0.6 is 0 Å². The maximum absolute atomic E-state index is 13.0. The van der Waals surface area contributed by atoms with Crippen LogP contribution in [-0.4, -0.2) is 48.8 Å². The molecule has 0 bridgehead atoms. The second kappa shape index (κ2) is 8.44. The zero-order chi connectivity index (χ0) is 21.1. The fourth-order valence-electron chi connectivity index (χ4n) is 3.63. The van der Waals surface area contributed by atoms with Crippen molar-refractivity contribution in [3.63, 3.8) is 0 Å². The van der Waals surface area contributed by atoms with Gasteiger partial charge in [0.15, 0.2) is 11.5 Å². The lowest BCUT2D eigenvalue weighted by Crippen LogP contribution is -2.30. The Morgan fingerprint density at radius 1 is 1.03 bits per heavy atom. The van der Waals surface area contributed by atoms with Crippen molar-refractivity contribution < 1.29 is 23.5 Å². The molecule has 0 spiro atoms. The van der Waals surface area contributed by atoms with Crippen LogP contribution in [0.5, 0.6) is 17.2 Å². The number of hydrogen-bond donors (Lipinski definition) is 0. The molecule has 2 heterocycles. The normalized spacial score (nSPS) is 15.8. The van der Waals surface area contributed by atoms with Crippen LogP contribution in [0.4, 0.5) is 0 Å². The average molecular weight is 409 g/mol. The second-order valence-electron chi connectivity index (χ2n) is 6.91. The van der Waals surface area contributed by atoms with E-state index in [0.29, 0.717) is 41.1 Å². The minimum absolute atomic E-state index is 0.0639. The third-order valence-electron chi connectivity index (χ3n) is 5.22. The molecule has 1 amide bonds. The summed E-state index contributed by atoms with van der Waals surface area (Å²) in [4.78, 5) is 19.4. The quantitative estimate of drug-likeness (QED) is 0.613. The number of methoxy groups -OCH3 is 3. The van der Waals surface area contributed by atoms with Crippen molar-refractivity contribution >= 4 is 5.91 Å². The highest BCUT2D eigenvalue weighted by Crippen LogP contribution is 2.35. The van der Waals surface area contributed by atoms with Gasteiger partial charge < -0.3 is 23.6 Å². The molecule has 1 saturated heterocycles. The van der Waals surface area contributed by atoms with Gasteiger partial charge in [0.1, 0.15) is 11.8 Å². The van der Waals surface area contributed by atoms with Gasteiger partial charge in [-0.05, 0) is 55.3 Å². The van der Waals surface area contributed by atoms with Crippen molar-refractivity contribution in [2.75, 3.05) is 27.9 Å². The van der Waals surface area contributed by atoms with Gasteiger partial charge in [0, 0.05) is 17.7 Å². The lowest BCUT2D eigenvalue weighted by atomic mass is 10.1.